The normalized spacial score (nSPS) is 9.06. The van der Waals surface area contributed by atoms with Gasteiger partial charge in [0.15, 0.2) is 0 Å². The maximum absolute atomic E-state index is 10.9. The number of rotatable bonds is 2. The number of amides is 1. The summed E-state index contributed by atoms with van der Waals surface area (Å²) in [6.45, 7) is 0. The molecular weight excluding hydrogens is 274 g/mol. The van der Waals surface area contributed by atoms with Crippen molar-refractivity contribution in [2.45, 2.75) is 6.42 Å². The van der Waals surface area contributed by atoms with Gasteiger partial charge in [-0.1, -0.05) is 27.8 Å². The lowest BCUT2D eigenvalue weighted by Gasteiger charge is -1.99. The highest BCUT2D eigenvalue weighted by Crippen LogP contribution is 2.16. The van der Waals surface area contributed by atoms with Crippen molar-refractivity contribution in [3.05, 3.63) is 33.8 Å². The molecule has 0 fully saturated rings. The fraction of sp³-hybridized carbons (Fsp3) is 0.0909. The van der Waals surface area contributed by atoms with Crippen molar-refractivity contribution in [1.82, 2.24) is 0 Å². The molecule has 3 N–H and O–H groups in total. The van der Waals surface area contributed by atoms with E-state index in [1.807, 2.05) is 0 Å². The Morgan fingerprint density at radius 3 is 2.69 bits per heavy atom. The van der Waals surface area contributed by atoms with Crippen LogP contribution in [0.4, 0.5) is 0 Å². The molecule has 1 rings (SSSR count). The minimum absolute atomic E-state index is 0.0882. The lowest BCUT2D eigenvalue weighted by Crippen LogP contribution is -2.08. The van der Waals surface area contributed by atoms with Gasteiger partial charge in [-0.15, -0.1) is 0 Å². The number of carbonyl (C=O) groups excluding carboxylic acids is 1. The first-order chi connectivity index (χ1) is 7.50. The van der Waals surface area contributed by atoms with E-state index in [-0.39, 0.29) is 12.0 Å². The van der Waals surface area contributed by atoms with Crippen LogP contribution in [0, 0.1) is 11.8 Å². The molecule has 0 aromatic heterocycles. The Morgan fingerprint density at radius 1 is 1.44 bits per heavy atom. The van der Waals surface area contributed by atoms with Gasteiger partial charge in [-0.05, 0) is 18.2 Å². The third kappa shape index (κ3) is 3.41. The number of benzene rings is 1. The maximum Gasteiger partial charge on any atom is 0.337 e. The molecule has 0 aliphatic rings. The molecule has 0 aliphatic heterocycles. The Labute approximate surface area is 101 Å². The molecule has 0 bridgehead atoms. The van der Waals surface area contributed by atoms with E-state index in [1.165, 1.54) is 6.07 Å². The van der Waals surface area contributed by atoms with Crippen LogP contribution in [0.25, 0.3) is 0 Å². The summed E-state index contributed by atoms with van der Waals surface area (Å²) in [7, 11) is 0. The van der Waals surface area contributed by atoms with Crippen molar-refractivity contribution in [3.8, 4) is 11.8 Å². The Balaban J connectivity index is 3.07. The highest BCUT2D eigenvalue weighted by atomic mass is 79.9. The largest absolute Gasteiger partial charge is 0.478 e. The fourth-order valence-corrected chi connectivity index (χ4v) is 1.39. The first kappa shape index (κ1) is 12.3. The average Bonchev–Trinajstić information content (AvgIpc) is 2.19. The van der Waals surface area contributed by atoms with Gasteiger partial charge in [-0.3, -0.25) is 4.79 Å². The predicted octanol–water partition coefficient (Wildman–Crippen LogP) is 1.37. The molecule has 0 saturated heterocycles. The van der Waals surface area contributed by atoms with Crippen molar-refractivity contribution < 1.29 is 14.7 Å². The van der Waals surface area contributed by atoms with E-state index in [0.29, 0.717) is 10.0 Å². The van der Waals surface area contributed by atoms with Crippen molar-refractivity contribution in [3.63, 3.8) is 0 Å². The first-order valence-electron chi connectivity index (χ1n) is 4.30. The molecule has 5 heteroatoms. The molecule has 0 unspecified atom stereocenters. The molecule has 1 aromatic rings. The Bertz CT molecular complexity index is 500. The van der Waals surface area contributed by atoms with Crippen molar-refractivity contribution in [2.75, 3.05) is 0 Å². The molecule has 0 spiro atoms. The summed E-state index contributed by atoms with van der Waals surface area (Å²) in [5.41, 5.74) is 5.36. The van der Waals surface area contributed by atoms with Crippen LogP contribution in [0.2, 0.25) is 0 Å². The van der Waals surface area contributed by atoms with E-state index >= 15 is 0 Å². The number of primary amides is 1. The van der Waals surface area contributed by atoms with Gasteiger partial charge in [-0.25, -0.2) is 4.79 Å². The second kappa shape index (κ2) is 5.33. The van der Waals surface area contributed by atoms with E-state index < -0.39 is 11.9 Å². The van der Waals surface area contributed by atoms with Crippen LogP contribution in [0.15, 0.2) is 22.7 Å². The lowest BCUT2D eigenvalue weighted by atomic mass is 10.1. The maximum atomic E-state index is 10.9. The molecule has 82 valence electrons. The van der Waals surface area contributed by atoms with E-state index in [4.69, 9.17) is 10.8 Å². The molecule has 1 amide bonds. The number of carbonyl (C=O) groups is 2. The van der Waals surface area contributed by atoms with E-state index in [0.717, 1.165) is 0 Å². The Hall–Kier alpha value is -1.80. The zero-order valence-electron chi connectivity index (χ0n) is 8.16. The first-order valence-corrected chi connectivity index (χ1v) is 5.10. The van der Waals surface area contributed by atoms with Crippen LogP contribution in [-0.2, 0) is 4.79 Å². The Morgan fingerprint density at radius 2 is 2.12 bits per heavy atom. The number of hydrogen-bond acceptors (Lipinski definition) is 2. The second-order valence-corrected chi connectivity index (χ2v) is 3.86. The minimum Gasteiger partial charge on any atom is -0.478 e. The summed E-state index contributed by atoms with van der Waals surface area (Å²) in [6.07, 6.45) is -0.0882. The number of aromatic carboxylic acids is 1. The van der Waals surface area contributed by atoms with E-state index in [9.17, 15) is 9.59 Å². The van der Waals surface area contributed by atoms with Gasteiger partial charge in [-0.2, -0.15) is 0 Å². The van der Waals surface area contributed by atoms with Crippen LogP contribution in [-0.4, -0.2) is 17.0 Å². The quantitative estimate of drug-likeness (QED) is 0.804. The standard InChI is InChI=1S/C11H8BrNO3/c12-8-5-4-7(2-1-3-10(13)14)9(6-8)11(15)16/h4-6H,3H2,(H2,13,14)(H,15,16). The van der Waals surface area contributed by atoms with Crippen LogP contribution >= 0.6 is 15.9 Å². The molecule has 0 saturated carbocycles. The van der Waals surface area contributed by atoms with Crippen molar-refractivity contribution in [2.24, 2.45) is 5.73 Å². The topological polar surface area (TPSA) is 80.4 Å². The molecule has 1 aromatic carbocycles. The molecule has 16 heavy (non-hydrogen) atoms. The van der Waals surface area contributed by atoms with E-state index in [1.54, 1.807) is 12.1 Å². The summed E-state index contributed by atoms with van der Waals surface area (Å²) in [5.74, 6) is 3.51. The smallest absolute Gasteiger partial charge is 0.337 e. The third-order valence-electron chi connectivity index (χ3n) is 1.70. The predicted molar refractivity (Wildman–Crippen MR) is 61.8 cm³/mol. The number of carboxylic acids is 1. The molecule has 0 aliphatic carbocycles. The molecular formula is C11H8BrNO3. The number of halogens is 1. The van der Waals surface area contributed by atoms with Gasteiger partial charge >= 0.3 is 5.97 Å². The van der Waals surface area contributed by atoms with Gasteiger partial charge in [0.1, 0.15) is 0 Å². The number of nitrogens with two attached hydrogens (primary N) is 1. The SMILES string of the molecule is NC(=O)CC#Cc1ccc(Br)cc1C(=O)O. The lowest BCUT2D eigenvalue weighted by molar-refractivity contribution is -0.117. The Kier molecular flexibility index (Phi) is 4.09. The molecule has 0 heterocycles. The van der Waals surface area contributed by atoms with Crippen LogP contribution in [0.3, 0.4) is 0 Å². The second-order valence-electron chi connectivity index (χ2n) is 2.94. The van der Waals surface area contributed by atoms with Crippen LogP contribution in [0.5, 0.6) is 0 Å². The zero-order chi connectivity index (χ0) is 12.1. The van der Waals surface area contributed by atoms with Crippen molar-refractivity contribution in [1.29, 1.82) is 0 Å². The minimum atomic E-state index is -1.07. The number of hydrogen-bond donors (Lipinski definition) is 2. The van der Waals surface area contributed by atoms with Crippen LogP contribution in [0.1, 0.15) is 22.3 Å². The zero-order valence-corrected chi connectivity index (χ0v) is 9.74. The molecule has 0 radical (unpaired) electrons. The van der Waals surface area contributed by atoms with Crippen LogP contribution < -0.4 is 5.73 Å². The highest BCUT2D eigenvalue weighted by molar-refractivity contribution is 9.10. The summed E-state index contributed by atoms with van der Waals surface area (Å²) in [4.78, 5) is 21.3. The summed E-state index contributed by atoms with van der Waals surface area (Å²) >= 11 is 3.17. The van der Waals surface area contributed by atoms with Gasteiger partial charge in [0.2, 0.25) is 5.91 Å². The molecule has 4 nitrogen and oxygen atoms in total. The van der Waals surface area contributed by atoms with Gasteiger partial charge in [0, 0.05) is 10.0 Å². The average molecular weight is 282 g/mol. The number of carboxylic acid groups (broad SMARTS) is 1. The summed E-state index contributed by atoms with van der Waals surface area (Å²) < 4.78 is 0.658. The highest BCUT2D eigenvalue weighted by Gasteiger charge is 2.08. The molecule has 0 atom stereocenters. The van der Waals surface area contributed by atoms with Crippen molar-refractivity contribution >= 4 is 27.8 Å². The fourth-order valence-electron chi connectivity index (χ4n) is 1.03. The summed E-state index contributed by atoms with van der Waals surface area (Å²) in [5, 5.41) is 8.92. The summed E-state index contributed by atoms with van der Waals surface area (Å²) in [6, 6.07) is 4.71. The third-order valence-corrected chi connectivity index (χ3v) is 2.19. The van der Waals surface area contributed by atoms with Gasteiger partial charge in [0.25, 0.3) is 0 Å². The monoisotopic (exact) mass is 281 g/mol. The van der Waals surface area contributed by atoms with Gasteiger partial charge in [0.05, 0.1) is 12.0 Å². The van der Waals surface area contributed by atoms with E-state index in [2.05, 4.69) is 27.8 Å². The van der Waals surface area contributed by atoms with Gasteiger partial charge < -0.3 is 10.8 Å².